The van der Waals surface area contributed by atoms with Gasteiger partial charge in [0, 0.05) is 11.4 Å². The maximum Gasteiger partial charge on any atom is 0.358 e. The van der Waals surface area contributed by atoms with Crippen LogP contribution in [0.25, 0.3) is 0 Å². The number of nitrogens with zero attached hydrogens (tertiary/aromatic N) is 1. The van der Waals surface area contributed by atoms with Crippen molar-refractivity contribution < 1.29 is 5.21 Å². The molecule has 0 amide bonds. The summed E-state index contributed by atoms with van der Waals surface area (Å²) in [6.07, 6.45) is 0.850. The lowest BCUT2D eigenvalue weighted by Gasteiger charge is -2.09. The van der Waals surface area contributed by atoms with Gasteiger partial charge in [-0.05, 0) is 12.2 Å². The van der Waals surface area contributed by atoms with Gasteiger partial charge in [0.25, 0.3) is 0 Å². The molecule has 1 aliphatic heterocycles. The zero-order valence-corrected chi connectivity index (χ0v) is 6.65. The number of rotatable bonds is 0. The van der Waals surface area contributed by atoms with Gasteiger partial charge in [0.15, 0.2) is 0 Å². The van der Waals surface area contributed by atoms with E-state index in [4.69, 9.17) is 5.21 Å². The summed E-state index contributed by atoms with van der Waals surface area (Å²) < 4.78 is 0.710. The van der Waals surface area contributed by atoms with Gasteiger partial charge in [-0.3, -0.25) is 0 Å². The minimum atomic E-state index is -0.419. The van der Waals surface area contributed by atoms with Crippen LogP contribution in [-0.4, -0.2) is 20.7 Å². The monoisotopic (exact) mass is 172 g/mol. The zero-order chi connectivity index (χ0) is 7.84. The standard InChI is InChI=1S/C6H8N2O2S/c9-6-7-4-1-2-11-3-5(4)8(6)10/h10H,1-3H2,(H,7,9). The van der Waals surface area contributed by atoms with E-state index in [1.165, 1.54) is 0 Å². The van der Waals surface area contributed by atoms with E-state index in [9.17, 15) is 4.79 Å². The molecule has 60 valence electrons. The molecule has 1 aromatic heterocycles. The Labute approximate surface area is 67.2 Å². The first-order valence-corrected chi connectivity index (χ1v) is 4.54. The lowest BCUT2D eigenvalue weighted by atomic mass is 10.3. The number of imidazole rings is 1. The highest BCUT2D eigenvalue weighted by Crippen LogP contribution is 2.20. The van der Waals surface area contributed by atoms with Crippen LogP contribution in [0.2, 0.25) is 0 Å². The first-order chi connectivity index (χ1) is 5.29. The van der Waals surface area contributed by atoms with Crippen LogP contribution in [0.5, 0.6) is 0 Å². The summed E-state index contributed by atoms with van der Waals surface area (Å²) in [5, 5.41) is 9.14. The highest BCUT2D eigenvalue weighted by atomic mass is 32.2. The molecule has 5 heteroatoms. The minimum absolute atomic E-state index is 0.419. The van der Waals surface area contributed by atoms with Crippen LogP contribution < -0.4 is 5.69 Å². The maximum absolute atomic E-state index is 10.9. The van der Waals surface area contributed by atoms with Crippen LogP contribution in [0.15, 0.2) is 4.79 Å². The molecule has 0 atom stereocenters. The van der Waals surface area contributed by atoms with E-state index in [1.807, 2.05) is 0 Å². The summed E-state index contributed by atoms with van der Waals surface area (Å²) >= 11 is 1.73. The molecule has 11 heavy (non-hydrogen) atoms. The van der Waals surface area contributed by atoms with E-state index in [-0.39, 0.29) is 0 Å². The fourth-order valence-electron chi connectivity index (χ4n) is 1.20. The van der Waals surface area contributed by atoms with Gasteiger partial charge >= 0.3 is 5.69 Å². The Bertz CT molecular complexity index is 328. The molecular weight excluding hydrogens is 164 g/mol. The summed E-state index contributed by atoms with van der Waals surface area (Å²) in [6.45, 7) is 0. The number of aryl methyl sites for hydroxylation is 1. The lowest BCUT2D eigenvalue weighted by Crippen LogP contribution is -2.15. The smallest absolute Gasteiger partial charge is 0.358 e. The number of hydrogen-bond donors (Lipinski definition) is 2. The molecule has 0 aromatic carbocycles. The molecule has 2 N–H and O–H groups in total. The van der Waals surface area contributed by atoms with Crippen molar-refractivity contribution in [3.63, 3.8) is 0 Å². The van der Waals surface area contributed by atoms with E-state index in [0.29, 0.717) is 4.73 Å². The second-order valence-corrected chi connectivity index (χ2v) is 3.57. The van der Waals surface area contributed by atoms with Crippen molar-refractivity contribution >= 4 is 11.8 Å². The Morgan fingerprint density at radius 3 is 3.18 bits per heavy atom. The molecule has 4 nitrogen and oxygen atoms in total. The molecule has 0 spiro atoms. The van der Waals surface area contributed by atoms with Gasteiger partial charge in [-0.25, -0.2) is 4.79 Å². The number of thioether (sulfide) groups is 1. The molecule has 1 aromatic rings. The molecule has 0 unspecified atom stereocenters. The third-order valence-electron chi connectivity index (χ3n) is 1.79. The van der Waals surface area contributed by atoms with Gasteiger partial charge in [0.2, 0.25) is 0 Å². The van der Waals surface area contributed by atoms with Crippen molar-refractivity contribution in [3.8, 4) is 0 Å². The third-order valence-corrected chi connectivity index (χ3v) is 2.76. The number of nitrogens with one attached hydrogen (secondary N) is 1. The van der Waals surface area contributed by atoms with Crippen LogP contribution in [0.1, 0.15) is 11.4 Å². The van der Waals surface area contributed by atoms with Crippen LogP contribution in [0.3, 0.4) is 0 Å². The number of aromatic amines is 1. The van der Waals surface area contributed by atoms with Crippen LogP contribution in [-0.2, 0) is 12.2 Å². The molecule has 0 aliphatic carbocycles. The SMILES string of the molecule is O=c1[nH]c2c(n1O)CSCC2. The molecule has 2 rings (SSSR count). The van der Waals surface area contributed by atoms with Crippen LogP contribution >= 0.6 is 11.8 Å². The van der Waals surface area contributed by atoms with Gasteiger partial charge in [-0.2, -0.15) is 11.8 Å². The third kappa shape index (κ3) is 0.956. The van der Waals surface area contributed by atoms with Crippen molar-refractivity contribution in [1.82, 2.24) is 9.71 Å². The van der Waals surface area contributed by atoms with Gasteiger partial charge < -0.3 is 10.2 Å². The zero-order valence-electron chi connectivity index (χ0n) is 5.83. The first-order valence-electron chi connectivity index (χ1n) is 3.39. The van der Waals surface area contributed by atoms with Gasteiger partial charge in [0.05, 0.1) is 5.69 Å². The van der Waals surface area contributed by atoms with Crippen LogP contribution in [0.4, 0.5) is 0 Å². The van der Waals surface area contributed by atoms with Gasteiger partial charge in [-0.1, -0.05) is 0 Å². The normalized spacial score (nSPS) is 16.4. The van der Waals surface area contributed by atoms with E-state index >= 15 is 0 Å². The summed E-state index contributed by atoms with van der Waals surface area (Å²) in [5.41, 5.74) is 1.19. The highest BCUT2D eigenvalue weighted by Gasteiger charge is 2.16. The first kappa shape index (κ1) is 6.84. The highest BCUT2D eigenvalue weighted by molar-refractivity contribution is 7.98. The van der Waals surface area contributed by atoms with Gasteiger partial charge in [0.1, 0.15) is 0 Å². The van der Waals surface area contributed by atoms with E-state index in [2.05, 4.69) is 4.98 Å². The lowest BCUT2D eigenvalue weighted by molar-refractivity contribution is 0.169. The van der Waals surface area contributed by atoms with Crippen molar-refractivity contribution in [2.24, 2.45) is 0 Å². The molecule has 1 aliphatic rings. The molecule has 0 saturated carbocycles. The molecule has 0 fully saturated rings. The number of hydrogen-bond acceptors (Lipinski definition) is 3. The maximum atomic E-state index is 10.9. The minimum Gasteiger partial charge on any atom is -0.424 e. The summed E-state index contributed by atoms with van der Waals surface area (Å²) in [6, 6.07) is 0. The predicted octanol–water partition coefficient (Wildman–Crippen LogP) is 0.203. The second-order valence-electron chi connectivity index (χ2n) is 2.47. The van der Waals surface area contributed by atoms with Crippen molar-refractivity contribution in [2.75, 3.05) is 5.75 Å². The van der Waals surface area contributed by atoms with Crippen molar-refractivity contribution in [2.45, 2.75) is 12.2 Å². The second kappa shape index (κ2) is 2.34. The molecule has 0 radical (unpaired) electrons. The Balaban J connectivity index is 2.59. The largest absolute Gasteiger partial charge is 0.424 e. The van der Waals surface area contributed by atoms with E-state index in [0.717, 1.165) is 29.3 Å². The molecular formula is C6H8N2O2S. The Morgan fingerprint density at radius 2 is 2.45 bits per heavy atom. The Hall–Kier alpha value is -0.840. The van der Waals surface area contributed by atoms with Gasteiger partial charge in [-0.15, -0.1) is 4.73 Å². The predicted molar refractivity (Wildman–Crippen MR) is 42.1 cm³/mol. The number of aromatic nitrogens is 2. The number of H-pyrrole nitrogens is 1. The van der Waals surface area contributed by atoms with E-state index < -0.39 is 5.69 Å². The summed E-state index contributed by atoms with van der Waals surface area (Å²) in [5.74, 6) is 1.75. The topological polar surface area (TPSA) is 58.0 Å². The fraction of sp³-hybridized carbons (Fsp3) is 0.500. The van der Waals surface area contributed by atoms with Crippen molar-refractivity contribution in [3.05, 3.63) is 21.9 Å². The average Bonchev–Trinajstić information content (AvgIpc) is 2.30. The summed E-state index contributed by atoms with van der Waals surface area (Å²) in [4.78, 5) is 13.5. The average molecular weight is 172 g/mol. The fourth-order valence-corrected chi connectivity index (χ4v) is 2.19. The van der Waals surface area contributed by atoms with E-state index in [1.54, 1.807) is 11.8 Å². The van der Waals surface area contributed by atoms with Crippen LogP contribution in [0, 0.1) is 0 Å². The summed E-state index contributed by atoms with van der Waals surface area (Å²) in [7, 11) is 0. The number of fused-ring (bicyclic) bond motifs is 1. The molecule has 0 saturated heterocycles. The Kier molecular flexibility index (Phi) is 1.45. The Morgan fingerprint density at radius 1 is 1.64 bits per heavy atom. The quantitative estimate of drug-likeness (QED) is 0.550. The van der Waals surface area contributed by atoms with Crippen molar-refractivity contribution in [1.29, 1.82) is 0 Å². The molecule has 0 bridgehead atoms. The molecule has 2 heterocycles.